The van der Waals surface area contributed by atoms with Crippen molar-refractivity contribution in [1.29, 1.82) is 0 Å². The maximum Gasteiger partial charge on any atom is 0.305 e. The largest absolute Gasteiger partial charge is 0.312 e. The first kappa shape index (κ1) is 32.4. The molecular weight excluding hydrogens is 483 g/mol. The van der Waals surface area contributed by atoms with Gasteiger partial charge in [-0.15, -0.1) is 12.8 Å². The molecule has 7 nitrogen and oxygen atoms in total. The van der Waals surface area contributed by atoms with Gasteiger partial charge in [0.1, 0.15) is 0 Å². The smallest absolute Gasteiger partial charge is 0.305 e. The lowest BCUT2D eigenvalue weighted by Gasteiger charge is -2.14. The molecule has 0 amide bonds. The molecule has 3 aromatic rings. The highest BCUT2D eigenvalue weighted by Crippen LogP contribution is 2.21. The number of fused-ring (bicyclic) bond motifs is 1. The molecule has 0 spiro atoms. The molecule has 38 heavy (non-hydrogen) atoms. The number of nitro benzene ring substituents is 1. The van der Waals surface area contributed by atoms with E-state index in [1.165, 1.54) is 41.3 Å². The molecule has 1 N–H and O–H groups in total. The second kappa shape index (κ2) is 18.6. The van der Waals surface area contributed by atoms with E-state index in [0.717, 1.165) is 25.1 Å². The Morgan fingerprint density at radius 1 is 1.03 bits per heavy atom. The minimum absolute atomic E-state index is 0.335. The van der Waals surface area contributed by atoms with Gasteiger partial charge in [-0.25, -0.2) is 0 Å². The van der Waals surface area contributed by atoms with Crippen LogP contribution in [0.3, 0.4) is 0 Å². The molecule has 204 valence electrons. The van der Waals surface area contributed by atoms with Crippen molar-refractivity contribution in [2.45, 2.75) is 52.6 Å². The predicted octanol–water partition coefficient (Wildman–Crippen LogP) is 6.73. The van der Waals surface area contributed by atoms with E-state index in [0.29, 0.717) is 25.7 Å². The summed E-state index contributed by atoms with van der Waals surface area (Å²) in [5.74, 6) is -0.768. The summed E-state index contributed by atoms with van der Waals surface area (Å²) in [6.45, 7) is 9.82. The van der Waals surface area contributed by atoms with Crippen molar-refractivity contribution in [2.24, 2.45) is 5.18 Å². The number of likely N-dealkylation sites (tertiary alicyclic amines) is 1. The van der Waals surface area contributed by atoms with Crippen molar-refractivity contribution in [3.8, 4) is 12.8 Å². The topological polar surface area (TPSA) is 87.8 Å². The number of hydrogen-bond donors (Lipinski definition) is 1. The summed E-state index contributed by atoms with van der Waals surface area (Å²) in [6, 6.07) is 19.4. The third-order valence-corrected chi connectivity index (χ3v) is 5.86. The predicted molar refractivity (Wildman–Crippen MR) is 155 cm³/mol. The van der Waals surface area contributed by atoms with Crippen LogP contribution >= 0.6 is 0 Å². The molecular formula is C30H39FN4O3. The van der Waals surface area contributed by atoms with Crippen LogP contribution in [0.15, 0.2) is 65.8 Å². The number of nitrogens with zero attached hydrogens (tertiary/aromatic N) is 3. The molecule has 1 aliphatic heterocycles. The van der Waals surface area contributed by atoms with Gasteiger partial charge in [0, 0.05) is 25.2 Å². The molecule has 0 aliphatic carbocycles. The fourth-order valence-electron chi connectivity index (χ4n) is 4.14. The van der Waals surface area contributed by atoms with Gasteiger partial charge >= 0.3 is 5.69 Å². The van der Waals surface area contributed by atoms with Crippen molar-refractivity contribution >= 4 is 16.5 Å². The van der Waals surface area contributed by atoms with Crippen molar-refractivity contribution < 1.29 is 9.31 Å². The quantitative estimate of drug-likeness (QED) is 0.111. The first-order valence-corrected chi connectivity index (χ1v) is 12.9. The molecule has 0 radical (unpaired) electrons. The average molecular weight is 523 g/mol. The van der Waals surface area contributed by atoms with Crippen LogP contribution in [0.5, 0.6) is 0 Å². The van der Waals surface area contributed by atoms with Gasteiger partial charge in [0.15, 0.2) is 0 Å². The molecule has 0 saturated carbocycles. The number of nitroso groups, excluding NO2 is 1. The Balaban J connectivity index is 0.000000338. The molecule has 1 fully saturated rings. The van der Waals surface area contributed by atoms with E-state index in [4.69, 9.17) is 0 Å². The van der Waals surface area contributed by atoms with Gasteiger partial charge in [-0.2, -0.15) is 9.30 Å². The fraction of sp³-hybridized carbons (Fsp3) is 0.400. The highest BCUT2D eigenvalue weighted by atomic mass is 19.1. The Bertz CT molecular complexity index is 1150. The minimum atomic E-state index is -0.768. The first-order valence-electron chi connectivity index (χ1n) is 12.9. The lowest BCUT2D eigenvalue weighted by Crippen LogP contribution is -2.30. The average Bonchev–Trinajstić information content (AvgIpc) is 3.45. The van der Waals surface area contributed by atoms with Gasteiger partial charge in [-0.1, -0.05) is 67.6 Å². The van der Waals surface area contributed by atoms with E-state index in [1.54, 1.807) is 6.07 Å². The van der Waals surface area contributed by atoms with E-state index < -0.39 is 16.4 Å². The SMILES string of the molecule is C#C.CC.CC(Cc1ccc2ccccc2c1)NCCN=O.O=[N+]([O-])c1cc(CN2CCCC2)ccc1F. The summed E-state index contributed by atoms with van der Waals surface area (Å²) >= 11 is 0. The Hall–Kier alpha value is -3.67. The Labute approximate surface area is 225 Å². The number of rotatable bonds is 9. The lowest BCUT2D eigenvalue weighted by molar-refractivity contribution is -0.387. The molecule has 1 unspecified atom stereocenters. The van der Waals surface area contributed by atoms with E-state index in [-0.39, 0.29) is 0 Å². The van der Waals surface area contributed by atoms with Crippen LogP contribution in [0, 0.1) is 33.7 Å². The Kier molecular flexibility index (Phi) is 15.8. The van der Waals surface area contributed by atoms with Crippen molar-refractivity contribution in [3.63, 3.8) is 0 Å². The maximum atomic E-state index is 13.1. The van der Waals surface area contributed by atoms with Crippen LogP contribution in [0.1, 0.15) is 44.7 Å². The standard InChI is InChI=1S/C15H18N2O.C11H13FN2O2.C2H6.C2H2/c1-12(16-8-9-17-18)10-13-6-7-14-4-2-3-5-15(14)11-13;12-10-4-3-9(7-11(10)14(15)16)8-13-5-1-2-6-13;2*1-2/h2-7,11-12,16H,8-10H2,1H3;3-4,7H,1-2,5-6,8H2;1-2H3;1-2H. The van der Waals surface area contributed by atoms with Gasteiger partial charge in [-0.3, -0.25) is 15.0 Å². The van der Waals surface area contributed by atoms with Crippen LogP contribution in [0.25, 0.3) is 10.8 Å². The number of halogens is 1. The summed E-state index contributed by atoms with van der Waals surface area (Å²) in [5, 5.41) is 19.2. The zero-order valence-electron chi connectivity index (χ0n) is 22.6. The van der Waals surface area contributed by atoms with E-state index in [1.807, 2.05) is 13.8 Å². The number of nitro groups is 1. The zero-order valence-corrected chi connectivity index (χ0v) is 22.6. The molecule has 4 rings (SSSR count). The zero-order chi connectivity index (χ0) is 28.3. The summed E-state index contributed by atoms with van der Waals surface area (Å²) < 4.78 is 13.1. The monoisotopic (exact) mass is 522 g/mol. The van der Waals surface area contributed by atoms with Crippen LogP contribution in [0.2, 0.25) is 0 Å². The molecule has 3 aromatic carbocycles. The van der Waals surface area contributed by atoms with Gasteiger partial charge in [0.05, 0.1) is 11.5 Å². The second-order valence-electron chi connectivity index (χ2n) is 8.62. The maximum absolute atomic E-state index is 13.1. The molecule has 0 bridgehead atoms. The van der Waals surface area contributed by atoms with Gasteiger partial charge in [0.25, 0.3) is 0 Å². The van der Waals surface area contributed by atoms with E-state index in [2.05, 4.69) is 77.6 Å². The Morgan fingerprint density at radius 2 is 1.66 bits per heavy atom. The summed E-state index contributed by atoms with van der Waals surface area (Å²) in [6.07, 6.45) is 11.3. The number of benzene rings is 3. The second-order valence-corrected chi connectivity index (χ2v) is 8.62. The fourth-order valence-corrected chi connectivity index (χ4v) is 4.14. The number of nitrogens with one attached hydrogen (secondary N) is 1. The summed E-state index contributed by atoms with van der Waals surface area (Å²) in [5.41, 5.74) is 1.68. The molecule has 1 atom stereocenters. The Morgan fingerprint density at radius 3 is 2.29 bits per heavy atom. The molecule has 1 heterocycles. The molecule has 8 heteroatoms. The van der Waals surface area contributed by atoms with E-state index >= 15 is 0 Å². The highest BCUT2D eigenvalue weighted by molar-refractivity contribution is 5.83. The van der Waals surface area contributed by atoms with Gasteiger partial charge < -0.3 is 5.32 Å². The van der Waals surface area contributed by atoms with Crippen LogP contribution < -0.4 is 5.32 Å². The van der Waals surface area contributed by atoms with Crippen LogP contribution in [-0.4, -0.2) is 42.0 Å². The molecule has 0 aromatic heterocycles. The minimum Gasteiger partial charge on any atom is -0.312 e. The van der Waals surface area contributed by atoms with Crippen molar-refractivity contribution in [1.82, 2.24) is 10.2 Å². The number of hydrogen-bond acceptors (Lipinski definition) is 6. The summed E-state index contributed by atoms with van der Waals surface area (Å²) in [4.78, 5) is 22.1. The molecule has 1 aliphatic rings. The summed E-state index contributed by atoms with van der Waals surface area (Å²) in [7, 11) is 0. The van der Waals surface area contributed by atoms with Crippen molar-refractivity contribution in [2.75, 3.05) is 26.2 Å². The third-order valence-electron chi connectivity index (χ3n) is 5.86. The normalized spacial score (nSPS) is 13.1. The van der Waals surface area contributed by atoms with Gasteiger partial charge in [-0.05, 0) is 67.2 Å². The molecule has 1 saturated heterocycles. The highest BCUT2D eigenvalue weighted by Gasteiger charge is 2.17. The van der Waals surface area contributed by atoms with Crippen LogP contribution in [0.4, 0.5) is 10.1 Å². The van der Waals surface area contributed by atoms with Crippen LogP contribution in [-0.2, 0) is 13.0 Å². The number of terminal acetylenes is 1. The van der Waals surface area contributed by atoms with Gasteiger partial charge in [0.2, 0.25) is 5.82 Å². The third kappa shape index (κ3) is 11.2. The lowest BCUT2D eigenvalue weighted by atomic mass is 10.0. The van der Waals surface area contributed by atoms with E-state index in [9.17, 15) is 19.4 Å². The first-order chi connectivity index (χ1) is 18.5. The van der Waals surface area contributed by atoms with Crippen molar-refractivity contribution in [3.05, 3.63) is 92.6 Å².